The zero-order valence-corrected chi connectivity index (χ0v) is 12.5. The van der Waals surface area contributed by atoms with Crippen LogP contribution >= 0.6 is 0 Å². The van der Waals surface area contributed by atoms with Crippen LogP contribution in [-0.2, 0) is 0 Å². The van der Waals surface area contributed by atoms with Crippen LogP contribution in [0.25, 0.3) is 0 Å². The molecule has 1 unspecified atom stereocenters. The van der Waals surface area contributed by atoms with Gasteiger partial charge in [-0.2, -0.15) is 0 Å². The Hall–Kier alpha value is -1.23. The molecule has 0 radical (unpaired) electrons. The molecule has 1 N–H and O–H groups in total. The first-order valence-electron chi connectivity index (χ1n) is 7.43. The predicted molar refractivity (Wildman–Crippen MR) is 76.1 cm³/mol. The van der Waals surface area contributed by atoms with Gasteiger partial charge in [0.25, 0.3) is 0 Å². The van der Waals surface area contributed by atoms with Gasteiger partial charge < -0.3 is 10.1 Å². The molecular weight excluding hydrogens is 279 g/mol. The van der Waals surface area contributed by atoms with E-state index >= 15 is 0 Å². The largest absolute Gasteiger partial charge is 0.573 e. The second-order valence-electron chi connectivity index (χ2n) is 5.77. The quantitative estimate of drug-likeness (QED) is 0.842. The van der Waals surface area contributed by atoms with Crippen LogP contribution in [0.15, 0.2) is 24.3 Å². The highest BCUT2D eigenvalue weighted by molar-refractivity contribution is 5.32. The lowest BCUT2D eigenvalue weighted by molar-refractivity contribution is -0.274. The monoisotopic (exact) mass is 301 g/mol. The molecule has 1 aromatic rings. The average molecular weight is 301 g/mol. The van der Waals surface area contributed by atoms with Crippen molar-refractivity contribution in [2.75, 3.05) is 7.05 Å². The molecule has 1 aromatic carbocycles. The minimum atomic E-state index is -4.65. The Bertz CT molecular complexity index is 467. The summed E-state index contributed by atoms with van der Waals surface area (Å²) in [7, 11) is 1.87. The van der Waals surface area contributed by atoms with Gasteiger partial charge in [0, 0.05) is 6.04 Å². The van der Waals surface area contributed by atoms with E-state index in [1.165, 1.54) is 25.0 Å². The van der Waals surface area contributed by atoms with Crippen LogP contribution in [0.4, 0.5) is 13.2 Å². The molecule has 1 saturated carbocycles. The van der Waals surface area contributed by atoms with Gasteiger partial charge in [-0.1, -0.05) is 31.9 Å². The lowest BCUT2D eigenvalue weighted by atomic mass is 9.73. The molecule has 21 heavy (non-hydrogen) atoms. The third-order valence-electron chi connectivity index (χ3n) is 4.63. The maximum absolute atomic E-state index is 12.4. The Kier molecular flexibility index (Phi) is 4.81. The molecule has 2 rings (SSSR count). The molecule has 0 bridgehead atoms. The van der Waals surface area contributed by atoms with E-state index in [-0.39, 0.29) is 17.2 Å². The van der Waals surface area contributed by atoms with Crippen molar-refractivity contribution in [3.05, 3.63) is 29.8 Å². The number of hydrogen-bond acceptors (Lipinski definition) is 2. The van der Waals surface area contributed by atoms with Gasteiger partial charge in [-0.25, -0.2) is 0 Å². The highest BCUT2D eigenvalue weighted by Crippen LogP contribution is 2.50. The smallest absolute Gasteiger partial charge is 0.406 e. The van der Waals surface area contributed by atoms with Crippen LogP contribution < -0.4 is 10.1 Å². The third kappa shape index (κ3) is 3.70. The zero-order chi connectivity index (χ0) is 15.5. The maximum Gasteiger partial charge on any atom is 0.573 e. The fraction of sp³-hybridized carbons (Fsp3) is 0.625. The van der Waals surface area contributed by atoms with E-state index < -0.39 is 6.36 Å². The topological polar surface area (TPSA) is 21.3 Å². The second kappa shape index (κ2) is 6.26. The van der Waals surface area contributed by atoms with Gasteiger partial charge in [0.2, 0.25) is 0 Å². The molecule has 0 saturated heterocycles. The molecule has 1 aliphatic rings. The van der Waals surface area contributed by atoms with Crippen molar-refractivity contribution in [3.63, 3.8) is 0 Å². The number of halogens is 3. The molecular formula is C16H22F3NO. The van der Waals surface area contributed by atoms with Crippen molar-refractivity contribution >= 4 is 0 Å². The molecule has 0 aliphatic heterocycles. The van der Waals surface area contributed by atoms with Gasteiger partial charge in [-0.15, -0.1) is 13.2 Å². The molecule has 1 atom stereocenters. The minimum Gasteiger partial charge on any atom is -0.406 e. The van der Waals surface area contributed by atoms with E-state index in [0.717, 1.165) is 24.8 Å². The van der Waals surface area contributed by atoms with Crippen LogP contribution in [0.5, 0.6) is 5.75 Å². The van der Waals surface area contributed by atoms with E-state index in [4.69, 9.17) is 0 Å². The van der Waals surface area contributed by atoms with Crippen molar-refractivity contribution in [1.29, 1.82) is 0 Å². The van der Waals surface area contributed by atoms with Crippen molar-refractivity contribution in [3.8, 4) is 5.75 Å². The summed E-state index contributed by atoms with van der Waals surface area (Å²) in [6.45, 7) is 2.16. The maximum atomic E-state index is 12.4. The van der Waals surface area contributed by atoms with Crippen LogP contribution in [0.1, 0.15) is 50.6 Å². The highest BCUT2D eigenvalue weighted by Gasteiger charge is 2.40. The Morgan fingerprint density at radius 3 is 2.48 bits per heavy atom. The second-order valence-corrected chi connectivity index (χ2v) is 5.77. The van der Waals surface area contributed by atoms with E-state index in [0.29, 0.717) is 0 Å². The van der Waals surface area contributed by atoms with Crippen molar-refractivity contribution in [2.45, 2.75) is 51.4 Å². The molecule has 2 nitrogen and oxygen atoms in total. The first-order chi connectivity index (χ1) is 9.90. The summed E-state index contributed by atoms with van der Waals surface area (Å²) in [6, 6.07) is 6.40. The number of nitrogens with one attached hydrogen (secondary N) is 1. The SMILES string of the molecule is CCC1(C(NC)c2cccc(OC(F)(F)F)c2)CCCC1. The van der Waals surface area contributed by atoms with Crippen LogP contribution in [0.3, 0.4) is 0 Å². The van der Waals surface area contributed by atoms with E-state index in [1.807, 2.05) is 13.1 Å². The molecule has 5 heteroatoms. The molecule has 118 valence electrons. The van der Waals surface area contributed by atoms with Gasteiger partial charge in [0.15, 0.2) is 0 Å². The first-order valence-corrected chi connectivity index (χ1v) is 7.43. The lowest BCUT2D eigenvalue weighted by Crippen LogP contribution is -2.34. The summed E-state index contributed by atoms with van der Waals surface area (Å²) in [5, 5.41) is 3.31. The number of benzene rings is 1. The van der Waals surface area contributed by atoms with Gasteiger partial charge >= 0.3 is 6.36 Å². The lowest BCUT2D eigenvalue weighted by Gasteiger charge is -2.37. The fourth-order valence-electron chi connectivity index (χ4n) is 3.64. The van der Waals surface area contributed by atoms with Crippen LogP contribution in [0.2, 0.25) is 0 Å². The predicted octanol–water partition coefficient (Wildman–Crippen LogP) is 4.82. The summed E-state index contributed by atoms with van der Waals surface area (Å²) in [5.41, 5.74) is 0.994. The van der Waals surface area contributed by atoms with Gasteiger partial charge in [0.05, 0.1) is 0 Å². The molecule has 1 aliphatic carbocycles. The van der Waals surface area contributed by atoms with Crippen LogP contribution in [-0.4, -0.2) is 13.4 Å². The molecule has 0 aromatic heterocycles. The standard InChI is InChI=1S/C16H22F3NO/c1-3-15(9-4-5-10-15)14(20-2)12-7-6-8-13(11-12)21-16(17,18)19/h6-8,11,14,20H,3-5,9-10H2,1-2H3. The van der Waals surface area contributed by atoms with E-state index in [1.54, 1.807) is 6.07 Å². The fourth-order valence-corrected chi connectivity index (χ4v) is 3.64. The highest BCUT2D eigenvalue weighted by atomic mass is 19.4. The number of hydrogen-bond donors (Lipinski definition) is 1. The van der Waals surface area contributed by atoms with Crippen molar-refractivity contribution in [1.82, 2.24) is 5.32 Å². The number of alkyl halides is 3. The Morgan fingerprint density at radius 2 is 1.95 bits per heavy atom. The summed E-state index contributed by atoms with van der Waals surface area (Å²) >= 11 is 0. The minimum absolute atomic E-state index is 0.0572. The molecule has 1 fully saturated rings. The van der Waals surface area contributed by atoms with Crippen molar-refractivity contribution in [2.24, 2.45) is 5.41 Å². The zero-order valence-electron chi connectivity index (χ0n) is 12.5. The average Bonchev–Trinajstić information content (AvgIpc) is 2.88. The summed E-state index contributed by atoms with van der Waals surface area (Å²) in [6.07, 6.45) is 0.959. The van der Waals surface area contributed by atoms with Crippen LogP contribution in [0, 0.1) is 5.41 Å². The Labute approximate surface area is 123 Å². The summed E-state index contributed by atoms with van der Waals surface area (Å²) in [5.74, 6) is -0.149. The van der Waals surface area contributed by atoms with Crippen molar-refractivity contribution < 1.29 is 17.9 Å². The van der Waals surface area contributed by atoms with E-state index in [9.17, 15) is 13.2 Å². The molecule has 0 amide bonds. The Balaban J connectivity index is 2.28. The summed E-state index contributed by atoms with van der Waals surface area (Å²) < 4.78 is 41.1. The molecule has 0 heterocycles. The number of ether oxygens (including phenoxy) is 1. The van der Waals surface area contributed by atoms with E-state index in [2.05, 4.69) is 17.0 Å². The van der Waals surface area contributed by atoms with Gasteiger partial charge in [-0.3, -0.25) is 0 Å². The third-order valence-corrected chi connectivity index (χ3v) is 4.63. The molecule has 0 spiro atoms. The Morgan fingerprint density at radius 1 is 1.29 bits per heavy atom. The first kappa shape index (κ1) is 16.1. The summed E-state index contributed by atoms with van der Waals surface area (Å²) in [4.78, 5) is 0. The van der Waals surface area contributed by atoms with Gasteiger partial charge in [0.1, 0.15) is 5.75 Å². The number of rotatable bonds is 5. The van der Waals surface area contributed by atoms with Gasteiger partial charge in [-0.05, 0) is 49.4 Å². The normalized spacial score (nSPS) is 19.5.